The van der Waals surface area contributed by atoms with Gasteiger partial charge >= 0.3 is 0 Å². The number of anilines is 2. The number of rotatable bonds is 2. The SMILES string of the molecule is CN1CCC(Nc2ccc(N)c3nonc23)C1. The van der Waals surface area contributed by atoms with E-state index in [2.05, 4.69) is 27.6 Å². The summed E-state index contributed by atoms with van der Waals surface area (Å²) in [6, 6.07) is 4.21. The van der Waals surface area contributed by atoms with Crippen LogP contribution in [0.15, 0.2) is 16.8 Å². The molecule has 6 heteroatoms. The number of nitrogens with one attached hydrogen (secondary N) is 1. The van der Waals surface area contributed by atoms with E-state index in [1.165, 1.54) is 0 Å². The lowest BCUT2D eigenvalue weighted by atomic mass is 10.2. The van der Waals surface area contributed by atoms with E-state index in [4.69, 9.17) is 10.4 Å². The number of likely N-dealkylation sites (tertiary alicyclic amines) is 1. The molecule has 3 rings (SSSR count). The fourth-order valence-corrected chi connectivity index (χ4v) is 2.27. The van der Waals surface area contributed by atoms with Crippen molar-refractivity contribution >= 4 is 22.4 Å². The monoisotopic (exact) mass is 233 g/mol. The summed E-state index contributed by atoms with van der Waals surface area (Å²) in [7, 11) is 2.12. The van der Waals surface area contributed by atoms with E-state index in [0.29, 0.717) is 22.8 Å². The van der Waals surface area contributed by atoms with E-state index in [1.807, 2.05) is 12.1 Å². The Morgan fingerprint density at radius 2 is 2.24 bits per heavy atom. The second kappa shape index (κ2) is 3.89. The van der Waals surface area contributed by atoms with E-state index in [9.17, 15) is 0 Å². The third-order valence-corrected chi connectivity index (χ3v) is 3.20. The zero-order valence-electron chi connectivity index (χ0n) is 9.68. The van der Waals surface area contributed by atoms with Crippen molar-refractivity contribution in [3.05, 3.63) is 12.1 Å². The molecule has 0 aliphatic carbocycles. The predicted molar refractivity (Wildman–Crippen MR) is 65.7 cm³/mol. The lowest BCUT2D eigenvalue weighted by Gasteiger charge is -2.14. The number of likely N-dealkylation sites (N-methyl/N-ethyl adjacent to an activating group) is 1. The summed E-state index contributed by atoms with van der Waals surface area (Å²) in [5.41, 5.74) is 8.67. The normalized spacial score (nSPS) is 21.1. The molecule has 90 valence electrons. The Bertz CT molecular complexity index is 538. The lowest BCUT2D eigenvalue weighted by molar-refractivity contribution is 0.315. The fourth-order valence-electron chi connectivity index (χ4n) is 2.27. The second-order valence-corrected chi connectivity index (χ2v) is 4.56. The van der Waals surface area contributed by atoms with E-state index in [-0.39, 0.29) is 0 Å². The highest BCUT2D eigenvalue weighted by molar-refractivity contribution is 5.95. The van der Waals surface area contributed by atoms with E-state index in [0.717, 1.165) is 25.2 Å². The van der Waals surface area contributed by atoms with Crippen LogP contribution in [0.3, 0.4) is 0 Å². The Labute approximate surface area is 98.7 Å². The van der Waals surface area contributed by atoms with Crippen LogP contribution in [-0.2, 0) is 0 Å². The highest BCUT2D eigenvalue weighted by Gasteiger charge is 2.20. The molecule has 3 N–H and O–H groups in total. The molecule has 1 fully saturated rings. The smallest absolute Gasteiger partial charge is 0.160 e. The van der Waals surface area contributed by atoms with Crippen LogP contribution in [0.1, 0.15) is 6.42 Å². The molecule has 0 radical (unpaired) electrons. The van der Waals surface area contributed by atoms with Crippen molar-refractivity contribution < 1.29 is 4.63 Å². The molecule has 17 heavy (non-hydrogen) atoms. The summed E-state index contributed by atoms with van der Waals surface area (Å²) >= 11 is 0. The highest BCUT2D eigenvalue weighted by atomic mass is 16.6. The van der Waals surface area contributed by atoms with Crippen LogP contribution >= 0.6 is 0 Å². The molecular weight excluding hydrogens is 218 g/mol. The van der Waals surface area contributed by atoms with Crippen LogP contribution in [0.2, 0.25) is 0 Å². The molecule has 2 heterocycles. The van der Waals surface area contributed by atoms with Crippen LogP contribution in [-0.4, -0.2) is 41.4 Å². The van der Waals surface area contributed by atoms with Gasteiger partial charge in [-0.3, -0.25) is 0 Å². The van der Waals surface area contributed by atoms with Gasteiger partial charge in [0.1, 0.15) is 0 Å². The first-order chi connectivity index (χ1) is 8.24. The van der Waals surface area contributed by atoms with Crippen molar-refractivity contribution in [3.63, 3.8) is 0 Å². The summed E-state index contributed by atoms with van der Waals surface area (Å²) in [5.74, 6) is 0. The van der Waals surface area contributed by atoms with Gasteiger partial charge in [-0.05, 0) is 42.5 Å². The minimum Gasteiger partial charge on any atom is -0.397 e. The zero-order chi connectivity index (χ0) is 11.8. The largest absolute Gasteiger partial charge is 0.397 e. The Morgan fingerprint density at radius 1 is 1.41 bits per heavy atom. The topological polar surface area (TPSA) is 80.2 Å². The van der Waals surface area contributed by atoms with Crippen molar-refractivity contribution in [1.82, 2.24) is 15.2 Å². The van der Waals surface area contributed by atoms with Crippen molar-refractivity contribution in [3.8, 4) is 0 Å². The first kappa shape index (κ1) is 10.3. The van der Waals surface area contributed by atoms with Crippen LogP contribution < -0.4 is 11.1 Å². The summed E-state index contributed by atoms with van der Waals surface area (Å²) in [6.45, 7) is 2.16. The molecule has 0 spiro atoms. The van der Waals surface area contributed by atoms with Crippen molar-refractivity contribution in [1.29, 1.82) is 0 Å². The number of benzene rings is 1. The maximum atomic E-state index is 5.80. The van der Waals surface area contributed by atoms with Gasteiger partial charge in [-0.25, -0.2) is 4.63 Å². The molecule has 1 aliphatic heterocycles. The number of nitrogen functional groups attached to an aromatic ring is 1. The number of hydrogen-bond acceptors (Lipinski definition) is 6. The Hall–Kier alpha value is -1.82. The van der Waals surface area contributed by atoms with Gasteiger partial charge in [0.2, 0.25) is 0 Å². The Morgan fingerprint density at radius 3 is 3.00 bits per heavy atom. The molecule has 1 unspecified atom stereocenters. The first-order valence-electron chi connectivity index (χ1n) is 5.70. The molecule has 0 amide bonds. The third-order valence-electron chi connectivity index (χ3n) is 3.20. The molecule has 1 atom stereocenters. The molecule has 1 saturated heterocycles. The van der Waals surface area contributed by atoms with Gasteiger partial charge in [0.25, 0.3) is 0 Å². The van der Waals surface area contributed by atoms with E-state index < -0.39 is 0 Å². The Kier molecular flexibility index (Phi) is 2.36. The highest BCUT2D eigenvalue weighted by Crippen LogP contribution is 2.26. The Balaban J connectivity index is 1.90. The van der Waals surface area contributed by atoms with Crippen LogP contribution in [0.4, 0.5) is 11.4 Å². The second-order valence-electron chi connectivity index (χ2n) is 4.56. The van der Waals surface area contributed by atoms with Gasteiger partial charge in [0, 0.05) is 12.6 Å². The number of hydrogen-bond donors (Lipinski definition) is 2. The van der Waals surface area contributed by atoms with Crippen molar-refractivity contribution in [2.24, 2.45) is 0 Å². The summed E-state index contributed by atoms with van der Waals surface area (Å²) < 4.78 is 4.74. The molecule has 6 nitrogen and oxygen atoms in total. The van der Waals surface area contributed by atoms with Gasteiger partial charge in [-0.2, -0.15) is 0 Å². The number of nitrogens with zero attached hydrogens (tertiary/aromatic N) is 3. The van der Waals surface area contributed by atoms with Crippen LogP contribution in [0.25, 0.3) is 11.0 Å². The average Bonchev–Trinajstić information content (AvgIpc) is 2.92. The molecule has 1 aliphatic rings. The molecule has 0 bridgehead atoms. The third kappa shape index (κ3) is 1.80. The standard InChI is InChI=1S/C11H15N5O/c1-16-5-4-7(6-16)13-9-3-2-8(12)10-11(9)15-17-14-10/h2-3,7,13H,4-6,12H2,1H3. The van der Waals surface area contributed by atoms with Crippen molar-refractivity contribution in [2.75, 3.05) is 31.2 Å². The molecular formula is C11H15N5O. The van der Waals surface area contributed by atoms with Crippen molar-refractivity contribution in [2.45, 2.75) is 12.5 Å². The van der Waals surface area contributed by atoms with E-state index in [1.54, 1.807) is 0 Å². The van der Waals surface area contributed by atoms with Gasteiger partial charge in [0.15, 0.2) is 11.0 Å². The van der Waals surface area contributed by atoms with Gasteiger partial charge in [0.05, 0.1) is 11.4 Å². The minimum atomic E-state index is 0.448. The minimum absolute atomic E-state index is 0.448. The van der Waals surface area contributed by atoms with Gasteiger partial charge in [-0.1, -0.05) is 0 Å². The quantitative estimate of drug-likeness (QED) is 0.751. The number of nitrogens with two attached hydrogens (primary N) is 1. The van der Waals surface area contributed by atoms with Gasteiger partial charge < -0.3 is 16.0 Å². The van der Waals surface area contributed by atoms with E-state index >= 15 is 0 Å². The molecule has 1 aromatic heterocycles. The molecule has 1 aromatic carbocycles. The van der Waals surface area contributed by atoms with Crippen LogP contribution in [0, 0.1) is 0 Å². The maximum Gasteiger partial charge on any atom is 0.160 e. The first-order valence-corrected chi connectivity index (χ1v) is 5.70. The lowest BCUT2D eigenvalue weighted by Crippen LogP contribution is -2.23. The molecule has 2 aromatic rings. The maximum absolute atomic E-state index is 5.80. The fraction of sp³-hybridized carbons (Fsp3) is 0.455. The predicted octanol–water partition coefficient (Wildman–Crippen LogP) is 0.921. The average molecular weight is 233 g/mol. The summed E-state index contributed by atoms with van der Waals surface area (Å²) in [6.07, 6.45) is 1.13. The van der Waals surface area contributed by atoms with Gasteiger partial charge in [-0.15, -0.1) is 0 Å². The number of aromatic nitrogens is 2. The number of fused-ring (bicyclic) bond motifs is 1. The summed E-state index contributed by atoms with van der Waals surface area (Å²) in [5, 5.41) is 11.2. The zero-order valence-corrected chi connectivity index (χ0v) is 9.68. The van der Waals surface area contributed by atoms with Crippen LogP contribution in [0.5, 0.6) is 0 Å². The molecule has 0 saturated carbocycles. The summed E-state index contributed by atoms with van der Waals surface area (Å²) in [4.78, 5) is 2.30.